The second-order valence-electron chi connectivity index (χ2n) is 4.06. The van der Waals surface area contributed by atoms with Crippen molar-refractivity contribution in [3.05, 3.63) is 59.4 Å². The monoisotopic (exact) mass is 244 g/mol. The molecule has 17 heavy (non-hydrogen) atoms. The van der Waals surface area contributed by atoms with E-state index in [4.69, 9.17) is 4.74 Å². The Morgan fingerprint density at radius 1 is 1.24 bits per heavy atom. The third kappa shape index (κ3) is 1.12. The molecule has 0 saturated carbocycles. The molecule has 4 aliphatic rings. The van der Waals surface area contributed by atoms with Crippen molar-refractivity contribution < 1.29 is 4.74 Å². The lowest BCUT2D eigenvalue weighted by Crippen LogP contribution is -2.25. The van der Waals surface area contributed by atoms with Crippen LogP contribution in [0.1, 0.15) is 0 Å². The molecule has 0 N–H and O–H groups in total. The highest BCUT2D eigenvalue weighted by atomic mass is 35.5. The molecule has 4 rings (SSSR count). The van der Waals surface area contributed by atoms with Crippen molar-refractivity contribution in [3.8, 4) is 0 Å². The molecule has 0 saturated heterocycles. The Morgan fingerprint density at radius 2 is 2.18 bits per heavy atom. The summed E-state index contributed by atoms with van der Waals surface area (Å²) in [6, 6.07) is 0. The molecule has 1 atom stereocenters. The summed E-state index contributed by atoms with van der Waals surface area (Å²) in [7, 11) is 0. The van der Waals surface area contributed by atoms with Gasteiger partial charge in [0, 0.05) is 24.2 Å². The number of halogens is 1. The molecule has 3 heterocycles. The van der Waals surface area contributed by atoms with E-state index in [1.165, 1.54) is 0 Å². The molecule has 84 valence electrons. The summed E-state index contributed by atoms with van der Waals surface area (Å²) in [5.74, 6) is 0.896. The average molecular weight is 245 g/mol. The predicted octanol–water partition coefficient (Wildman–Crippen LogP) is 2.70. The van der Waals surface area contributed by atoms with E-state index in [0.717, 1.165) is 22.6 Å². The number of nitrogens with zero attached hydrogens (tertiary/aromatic N) is 2. The van der Waals surface area contributed by atoms with E-state index in [2.05, 4.69) is 22.1 Å². The number of hydrogen-bond acceptors (Lipinski definition) is 3. The Hall–Kier alpha value is -1.87. The Labute approximate surface area is 105 Å². The molecule has 3 aliphatic heterocycles. The molecule has 4 heteroatoms. The molecule has 0 amide bonds. The Kier molecular flexibility index (Phi) is 2.00. The molecule has 1 spiro atoms. The molecule has 3 nitrogen and oxygen atoms in total. The number of aliphatic imine (C=N–C) groups is 2. The molecule has 1 aliphatic carbocycles. The quantitative estimate of drug-likeness (QED) is 0.645. The van der Waals surface area contributed by atoms with Gasteiger partial charge in [-0.2, -0.15) is 0 Å². The fraction of sp³-hybridized carbons (Fsp3) is 0.0769. The number of fused-ring (bicyclic) bond motifs is 1. The molecule has 0 aromatic carbocycles. The second kappa shape index (κ2) is 3.31. The molecule has 0 aromatic heterocycles. The highest BCUT2D eigenvalue weighted by molar-refractivity contribution is 5.91. The molecule has 0 bridgehead atoms. The van der Waals surface area contributed by atoms with Crippen molar-refractivity contribution in [2.75, 3.05) is 0 Å². The Balaban J connectivity index is 0.000000902. The van der Waals surface area contributed by atoms with Crippen LogP contribution in [-0.2, 0) is 4.74 Å². The lowest BCUT2D eigenvalue weighted by Gasteiger charge is -2.31. The third-order valence-electron chi connectivity index (χ3n) is 3.26. The summed E-state index contributed by atoms with van der Waals surface area (Å²) in [6.45, 7) is 0. The minimum Gasteiger partial charge on any atom is -0.466 e. The van der Waals surface area contributed by atoms with E-state index >= 15 is 0 Å². The lowest BCUT2D eigenvalue weighted by atomic mass is 9.73. The van der Waals surface area contributed by atoms with Gasteiger partial charge in [0.1, 0.15) is 11.5 Å². The second-order valence-corrected chi connectivity index (χ2v) is 4.06. The highest BCUT2D eigenvalue weighted by Crippen LogP contribution is 2.50. The fourth-order valence-corrected chi connectivity index (χ4v) is 2.46. The number of hydrogen-bond donors (Lipinski definition) is 0. The van der Waals surface area contributed by atoms with Gasteiger partial charge >= 0.3 is 0 Å². The first kappa shape index (κ1) is 10.3. The average Bonchev–Trinajstić information content (AvgIpc) is 2.90. The van der Waals surface area contributed by atoms with Crippen LogP contribution in [0.25, 0.3) is 0 Å². The van der Waals surface area contributed by atoms with Crippen molar-refractivity contribution in [3.63, 3.8) is 0 Å². The van der Waals surface area contributed by atoms with Gasteiger partial charge < -0.3 is 4.74 Å². The van der Waals surface area contributed by atoms with Gasteiger partial charge in [-0.1, -0.05) is 0 Å². The molecule has 0 radical (unpaired) electrons. The maximum atomic E-state index is 5.62. The summed E-state index contributed by atoms with van der Waals surface area (Å²) in [5, 5.41) is 0. The maximum absolute atomic E-state index is 5.62. The topological polar surface area (TPSA) is 34.0 Å². The Bertz CT molecular complexity index is 605. The van der Waals surface area contributed by atoms with Gasteiger partial charge in [0.05, 0.1) is 11.7 Å². The number of ether oxygens (including phenoxy) is 1. The van der Waals surface area contributed by atoms with E-state index in [1.54, 1.807) is 6.26 Å². The molecular weight excluding hydrogens is 236 g/mol. The van der Waals surface area contributed by atoms with Gasteiger partial charge in [-0.3, -0.25) is 9.98 Å². The van der Waals surface area contributed by atoms with Gasteiger partial charge in [-0.05, 0) is 29.9 Å². The van der Waals surface area contributed by atoms with Crippen LogP contribution >= 0.6 is 12.4 Å². The van der Waals surface area contributed by atoms with Crippen LogP contribution in [0.2, 0.25) is 0 Å². The summed E-state index contributed by atoms with van der Waals surface area (Å²) in [5.41, 5.74) is 2.91. The normalized spacial score (nSPS) is 30.1. The van der Waals surface area contributed by atoms with Crippen molar-refractivity contribution in [2.45, 2.75) is 0 Å². The zero-order chi connectivity index (χ0) is 10.6. The summed E-state index contributed by atoms with van der Waals surface area (Å²) < 4.78 is 5.62. The molecular formula is C13H9ClN2O. The summed E-state index contributed by atoms with van der Waals surface area (Å²) in [6.07, 6.45) is 15.5. The summed E-state index contributed by atoms with van der Waals surface area (Å²) in [4.78, 5) is 8.54. The Morgan fingerprint density at radius 3 is 3.12 bits per heavy atom. The largest absolute Gasteiger partial charge is 0.466 e. The van der Waals surface area contributed by atoms with E-state index in [1.807, 2.05) is 30.8 Å². The van der Waals surface area contributed by atoms with Gasteiger partial charge in [0.15, 0.2) is 0 Å². The molecule has 0 fully saturated rings. The predicted molar refractivity (Wildman–Crippen MR) is 69.2 cm³/mol. The zero-order valence-electron chi connectivity index (χ0n) is 8.83. The van der Waals surface area contributed by atoms with Crippen molar-refractivity contribution in [2.24, 2.45) is 15.4 Å². The standard InChI is InChI=1S/C13H8N2O.ClH/c1-4-15-11-9(1)7-10-8-14-5-2-13(10)3-6-16-12(11)13;/h1-8H;1H. The first-order valence-corrected chi connectivity index (χ1v) is 5.17. The third-order valence-corrected chi connectivity index (χ3v) is 3.26. The van der Waals surface area contributed by atoms with E-state index in [0.29, 0.717) is 0 Å². The zero-order valence-corrected chi connectivity index (χ0v) is 9.65. The van der Waals surface area contributed by atoms with Crippen LogP contribution in [0, 0.1) is 5.41 Å². The van der Waals surface area contributed by atoms with Gasteiger partial charge in [-0.25, -0.2) is 0 Å². The smallest absolute Gasteiger partial charge is 0.148 e. The fourth-order valence-electron chi connectivity index (χ4n) is 2.46. The van der Waals surface area contributed by atoms with Crippen LogP contribution in [0.4, 0.5) is 0 Å². The lowest BCUT2D eigenvalue weighted by molar-refractivity contribution is 0.324. The SMILES string of the molecule is C1=CC23C=COC2=C2N=CC=C2C=C3C=N1.Cl. The van der Waals surface area contributed by atoms with Crippen LogP contribution in [-0.4, -0.2) is 12.4 Å². The van der Waals surface area contributed by atoms with E-state index in [9.17, 15) is 0 Å². The van der Waals surface area contributed by atoms with Gasteiger partial charge in [0.2, 0.25) is 0 Å². The van der Waals surface area contributed by atoms with Gasteiger partial charge in [-0.15, -0.1) is 12.4 Å². The first-order chi connectivity index (χ1) is 7.90. The van der Waals surface area contributed by atoms with Crippen LogP contribution < -0.4 is 0 Å². The highest BCUT2D eigenvalue weighted by Gasteiger charge is 2.44. The van der Waals surface area contributed by atoms with Crippen molar-refractivity contribution >= 4 is 24.8 Å². The number of rotatable bonds is 0. The summed E-state index contributed by atoms with van der Waals surface area (Å²) >= 11 is 0. The maximum Gasteiger partial charge on any atom is 0.148 e. The van der Waals surface area contributed by atoms with E-state index in [-0.39, 0.29) is 17.8 Å². The number of allylic oxidation sites excluding steroid dienone is 3. The van der Waals surface area contributed by atoms with Crippen molar-refractivity contribution in [1.29, 1.82) is 0 Å². The van der Waals surface area contributed by atoms with Crippen LogP contribution in [0.3, 0.4) is 0 Å². The molecule has 0 aromatic rings. The minimum atomic E-state index is -0.268. The van der Waals surface area contributed by atoms with E-state index < -0.39 is 0 Å². The van der Waals surface area contributed by atoms with Crippen molar-refractivity contribution in [1.82, 2.24) is 0 Å². The van der Waals surface area contributed by atoms with Crippen LogP contribution in [0.15, 0.2) is 69.4 Å². The van der Waals surface area contributed by atoms with Gasteiger partial charge in [0.25, 0.3) is 0 Å². The van der Waals surface area contributed by atoms with Crippen LogP contribution in [0.5, 0.6) is 0 Å². The molecule has 1 unspecified atom stereocenters. The minimum absolute atomic E-state index is 0. The first-order valence-electron chi connectivity index (χ1n) is 5.17.